The van der Waals surface area contributed by atoms with Gasteiger partial charge in [0.1, 0.15) is 5.82 Å². The Morgan fingerprint density at radius 3 is 2.70 bits per heavy atom. The normalized spacial score (nSPS) is 21.6. The second-order valence-electron chi connectivity index (χ2n) is 6.06. The van der Waals surface area contributed by atoms with Crippen LogP contribution >= 0.6 is 0 Å². The molecule has 104 valence electrons. The molecule has 0 heterocycles. The zero-order valence-corrected chi connectivity index (χ0v) is 11.8. The summed E-state index contributed by atoms with van der Waals surface area (Å²) in [7, 11) is 0. The number of rotatable bonds is 2. The second kappa shape index (κ2) is 5.02. The van der Waals surface area contributed by atoms with Crippen molar-refractivity contribution in [2.45, 2.75) is 38.1 Å². The molecule has 0 bridgehead atoms. The first kappa shape index (κ1) is 13.3. The molecule has 1 aliphatic carbocycles. The molecule has 2 aromatic rings. The maximum Gasteiger partial charge on any atom is 0.123 e. The molecule has 1 nitrogen and oxygen atoms in total. The first-order chi connectivity index (χ1) is 9.56. The van der Waals surface area contributed by atoms with Crippen LogP contribution in [0.15, 0.2) is 42.5 Å². The van der Waals surface area contributed by atoms with Gasteiger partial charge in [0.15, 0.2) is 0 Å². The molecule has 2 N–H and O–H groups in total. The molecular formula is C18H20FN. The molecule has 0 radical (unpaired) electrons. The van der Waals surface area contributed by atoms with Gasteiger partial charge in [-0.15, -0.1) is 0 Å². The Labute approximate surface area is 119 Å². The topological polar surface area (TPSA) is 26.0 Å². The number of aryl methyl sites for hydroxylation is 2. The molecule has 0 aliphatic heterocycles. The van der Waals surface area contributed by atoms with Gasteiger partial charge in [-0.2, -0.15) is 0 Å². The summed E-state index contributed by atoms with van der Waals surface area (Å²) in [6.45, 7) is 2.02. The van der Waals surface area contributed by atoms with Crippen LogP contribution in [0, 0.1) is 12.7 Å². The van der Waals surface area contributed by atoms with Crippen LogP contribution in [0.2, 0.25) is 0 Å². The van der Waals surface area contributed by atoms with Crippen LogP contribution in [0.4, 0.5) is 4.39 Å². The van der Waals surface area contributed by atoms with Gasteiger partial charge in [-0.05, 0) is 67.0 Å². The molecule has 0 spiro atoms. The van der Waals surface area contributed by atoms with E-state index in [0.717, 1.165) is 36.8 Å². The molecule has 3 rings (SSSR count). The van der Waals surface area contributed by atoms with E-state index in [-0.39, 0.29) is 11.4 Å². The lowest BCUT2D eigenvalue weighted by molar-refractivity contribution is 0.368. The molecule has 1 aliphatic rings. The molecule has 2 aromatic carbocycles. The van der Waals surface area contributed by atoms with Gasteiger partial charge in [0.05, 0.1) is 0 Å². The first-order valence-electron chi connectivity index (χ1n) is 7.16. The van der Waals surface area contributed by atoms with Crippen LogP contribution in [-0.2, 0) is 19.3 Å². The molecule has 20 heavy (non-hydrogen) atoms. The first-order valence-corrected chi connectivity index (χ1v) is 7.16. The SMILES string of the molecule is Cc1ccc(F)cc1CC1(N)CCc2ccccc2C1. The zero-order chi connectivity index (χ0) is 14.2. The molecule has 0 amide bonds. The number of halogens is 1. The minimum atomic E-state index is -0.257. The maximum absolute atomic E-state index is 13.4. The summed E-state index contributed by atoms with van der Waals surface area (Å²) in [5.74, 6) is -0.176. The van der Waals surface area contributed by atoms with E-state index in [1.807, 2.05) is 13.0 Å². The molecule has 0 saturated heterocycles. The average Bonchev–Trinajstić information content (AvgIpc) is 2.42. The van der Waals surface area contributed by atoms with Gasteiger partial charge in [0.25, 0.3) is 0 Å². The lowest BCUT2D eigenvalue weighted by Crippen LogP contribution is -2.47. The highest BCUT2D eigenvalue weighted by Crippen LogP contribution is 2.30. The van der Waals surface area contributed by atoms with Crippen molar-refractivity contribution in [1.29, 1.82) is 0 Å². The van der Waals surface area contributed by atoms with E-state index in [0.29, 0.717) is 0 Å². The highest BCUT2D eigenvalue weighted by atomic mass is 19.1. The summed E-state index contributed by atoms with van der Waals surface area (Å²) in [5, 5.41) is 0. The van der Waals surface area contributed by atoms with E-state index in [9.17, 15) is 4.39 Å². The average molecular weight is 269 g/mol. The predicted molar refractivity (Wildman–Crippen MR) is 80.2 cm³/mol. The van der Waals surface area contributed by atoms with Crippen LogP contribution in [0.5, 0.6) is 0 Å². The Morgan fingerprint density at radius 2 is 1.90 bits per heavy atom. The second-order valence-corrected chi connectivity index (χ2v) is 6.06. The number of benzene rings is 2. The van der Waals surface area contributed by atoms with Crippen molar-refractivity contribution in [2.75, 3.05) is 0 Å². The largest absolute Gasteiger partial charge is 0.324 e. The fourth-order valence-corrected chi connectivity index (χ4v) is 3.19. The van der Waals surface area contributed by atoms with E-state index in [4.69, 9.17) is 5.73 Å². The van der Waals surface area contributed by atoms with Crippen LogP contribution in [-0.4, -0.2) is 5.54 Å². The minimum Gasteiger partial charge on any atom is -0.324 e. The molecule has 1 atom stereocenters. The Morgan fingerprint density at radius 1 is 1.15 bits per heavy atom. The van der Waals surface area contributed by atoms with Crippen molar-refractivity contribution in [2.24, 2.45) is 5.73 Å². The third-order valence-electron chi connectivity index (χ3n) is 4.41. The Hall–Kier alpha value is -1.67. The number of hydrogen-bond acceptors (Lipinski definition) is 1. The standard InChI is InChI=1S/C18H20FN/c1-13-6-7-17(19)10-16(13)12-18(20)9-8-14-4-2-3-5-15(14)11-18/h2-7,10H,8-9,11-12,20H2,1H3. The van der Waals surface area contributed by atoms with Crippen LogP contribution < -0.4 is 5.73 Å². The summed E-state index contributed by atoms with van der Waals surface area (Å²) < 4.78 is 13.4. The van der Waals surface area contributed by atoms with E-state index >= 15 is 0 Å². The maximum atomic E-state index is 13.4. The summed E-state index contributed by atoms with van der Waals surface area (Å²) in [4.78, 5) is 0. The van der Waals surface area contributed by atoms with Crippen LogP contribution in [0.3, 0.4) is 0 Å². The summed E-state index contributed by atoms with van der Waals surface area (Å²) in [5.41, 5.74) is 11.2. The third kappa shape index (κ3) is 2.61. The van der Waals surface area contributed by atoms with Gasteiger partial charge in [-0.1, -0.05) is 30.3 Å². The van der Waals surface area contributed by atoms with E-state index in [1.165, 1.54) is 17.2 Å². The lowest BCUT2D eigenvalue weighted by Gasteiger charge is -2.35. The van der Waals surface area contributed by atoms with Crippen molar-refractivity contribution in [3.63, 3.8) is 0 Å². The zero-order valence-electron chi connectivity index (χ0n) is 11.8. The molecule has 0 fully saturated rings. The Bertz CT molecular complexity index is 635. The quantitative estimate of drug-likeness (QED) is 0.886. The molecule has 0 aromatic heterocycles. The van der Waals surface area contributed by atoms with E-state index in [1.54, 1.807) is 6.07 Å². The Kier molecular flexibility index (Phi) is 3.35. The molecule has 0 saturated carbocycles. The smallest absolute Gasteiger partial charge is 0.123 e. The van der Waals surface area contributed by atoms with Crippen molar-refractivity contribution in [3.05, 3.63) is 70.5 Å². The van der Waals surface area contributed by atoms with Gasteiger partial charge >= 0.3 is 0 Å². The van der Waals surface area contributed by atoms with Crippen molar-refractivity contribution < 1.29 is 4.39 Å². The van der Waals surface area contributed by atoms with Crippen molar-refractivity contribution in [1.82, 2.24) is 0 Å². The summed E-state index contributed by atoms with van der Waals surface area (Å²) in [6, 6.07) is 13.5. The van der Waals surface area contributed by atoms with Gasteiger partial charge in [0.2, 0.25) is 0 Å². The highest BCUT2D eigenvalue weighted by Gasteiger charge is 2.30. The van der Waals surface area contributed by atoms with Crippen molar-refractivity contribution >= 4 is 0 Å². The fourth-order valence-electron chi connectivity index (χ4n) is 3.19. The number of hydrogen-bond donors (Lipinski definition) is 1. The number of nitrogens with two attached hydrogens (primary N) is 1. The molecule has 1 unspecified atom stereocenters. The van der Waals surface area contributed by atoms with E-state index < -0.39 is 0 Å². The highest BCUT2D eigenvalue weighted by molar-refractivity contribution is 5.35. The lowest BCUT2D eigenvalue weighted by atomic mass is 9.75. The van der Waals surface area contributed by atoms with Gasteiger partial charge in [-0.3, -0.25) is 0 Å². The third-order valence-corrected chi connectivity index (χ3v) is 4.41. The predicted octanol–water partition coefficient (Wildman–Crippen LogP) is 3.56. The minimum absolute atomic E-state index is 0.176. The molecule has 2 heteroatoms. The monoisotopic (exact) mass is 269 g/mol. The Balaban J connectivity index is 1.86. The van der Waals surface area contributed by atoms with Crippen LogP contribution in [0.25, 0.3) is 0 Å². The summed E-state index contributed by atoms with van der Waals surface area (Å²) in [6.07, 6.45) is 3.59. The van der Waals surface area contributed by atoms with Gasteiger partial charge in [0, 0.05) is 5.54 Å². The number of fused-ring (bicyclic) bond motifs is 1. The van der Waals surface area contributed by atoms with Crippen LogP contribution in [0.1, 0.15) is 28.7 Å². The van der Waals surface area contributed by atoms with Gasteiger partial charge < -0.3 is 5.73 Å². The summed E-state index contributed by atoms with van der Waals surface area (Å²) >= 11 is 0. The molecular weight excluding hydrogens is 249 g/mol. The van der Waals surface area contributed by atoms with Crippen molar-refractivity contribution in [3.8, 4) is 0 Å². The van der Waals surface area contributed by atoms with E-state index in [2.05, 4.69) is 24.3 Å². The fraction of sp³-hybridized carbons (Fsp3) is 0.333. The van der Waals surface area contributed by atoms with Gasteiger partial charge in [-0.25, -0.2) is 4.39 Å².